The van der Waals surface area contributed by atoms with Crippen molar-refractivity contribution >= 4 is 22.6 Å². The van der Waals surface area contributed by atoms with Crippen LogP contribution < -0.4 is 4.74 Å². The van der Waals surface area contributed by atoms with Gasteiger partial charge in [0.2, 0.25) is 0 Å². The van der Waals surface area contributed by atoms with Crippen LogP contribution in [-0.2, 0) is 0 Å². The van der Waals surface area contributed by atoms with Gasteiger partial charge in [0.1, 0.15) is 17.1 Å². The quantitative estimate of drug-likeness (QED) is 0.471. The lowest BCUT2D eigenvalue weighted by atomic mass is 10.0. The lowest BCUT2D eigenvalue weighted by Crippen LogP contribution is -1.95. The highest BCUT2D eigenvalue weighted by Gasteiger charge is 2.19. The predicted molar refractivity (Wildman–Crippen MR) is 105 cm³/mol. The van der Waals surface area contributed by atoms with E-state index in [2.05, 4.69) is 26.0 Å². The molecule has 0 saturated heterocycles. The number of nitrogens with zero attached hydrogens (tertiary/aromatic N) is 2. The van der Waals surface area contributed by atoms with E-state index in [1.54, 1.807) is 7.11 Å². The normalized spacial score (nSPS) is 11.0. The summed E-state index contributed by atoms with van der Waals surface area (Å²) in [6, 6.07) is 14.0. The second kappa shape index (κ2) is 6.42. The van der Waals surface area contributed by atoms with Gasteiger partial charge in [0.05, 0.1) is 12.8 Å². The van der Waals surface area contributed by atoms with Crippen molar-refractivity contribution < 1.29 is 9.53 Å². The maximum absolute atomic E-state index is 12.0. The van der Waals surface area contributed by atoms with Gasteiger partial charge in [-0.15, -0.1) is 11.3 Å². The summed E-state index contributed by atoms with van der Waals surface area (Å²) in [5.41, 5.74) is 6.59. The maximum atomic E-state index is 12.0. The van der Waals surface area contributed by atoms with E-state index in [1.807, 2.05) is 40.1 Å². The van der Waals surface area contributed by atoms with Crippen LogP contribution in [0.5, 0.6) is 5.75 Å². The maximum Gasteiger partial charge on any atom is 0.195 e. The number of hydrogen-bond donors (Lipinski definition) is 0. The molecule has 0 unspecified atom stereocenters. The Hall–Kier alpha value is -2.92. The number of benzene rings is 2. The zero-order valence-electron chi connectivity index (χ0n) is 14.8. The van der Waals surface area contributed by atoms with E-state index in [4.69, 9.17) is 9.72 Å². The van der Waals surface area contributed by atoms with E-state index < -0.39 is 0 Å². The summed E-state index contributed by atoms with van der Waals surface area (Å²) in [7, 11) is 1.65. The summed E-state index contributed by atoms with van der Waals surface area (Å²) in [4.78, 5) is 17.5. The minimum absolute atomic E-state index is 0.572. The van der Waals surface area contributed by atoms with Crippen molar-refractivity contribution in [2.75, 3.05) is 7.11 Å². The molecule has 2 aromatic heterocycles. The molecule has 0 bridgehead atoms. The Balaban J connectivity index is 1.94. The third-order valence-electron chi connectivity index (χ3n) is 4.66. The van der Waals surface area contributed by atoms with E-state index in [-0.39, 0.29) is 0 Å². The fourth-order valence-electron chi connectivity index (χ4n) is 3.07. The Morgan fingerprint density at radius 1 is 1.08 bits per heavy atom. The zero-order valence-corrected chi connectivity index (χ0v) is 15.6. The van der Waals surface area contributed by atoms with Gasteiger partial charge < -0.3 is 4.74 Å². The Kier molecular flexibility index (Phi) is 4.09. The Bertz CT molecular complexity index is 1120. The third kappa shape index (κ3) is 2.61. The smallest absolute Gasteiger partial charge is 0.195 e. The Morgan fingerprint density at radius 2 is 1.92 bits per heavy atom. The van der Waals surface area contributed by atoms with Crippen LogP contribution in [0.4, 0.5) is 0 Å². The molecular weight excluding hydrogens is 344 g/mol. The summed E-state index contributed by atoms with van der Waals surface area (Å²) in [6.07, 6.45) is 0.890. The number of methoxy groups -OCH3 is 1. The molecule has 0 aliphatic rings. The van der Waals surface area contributed by atoms with Crippen LogP contribution in [0.15, 0.2) is 47.8 Å². The van der Waals surface area contributed by atoms with E-state index in [9.17, 15) is 4.79 Å². The summed E-state index contributed by atoms with van der Waals surface area (Å²) in [5.74, 6) is 0.781. The van der Waals surface area contributed by atoms with Gasteiger partial charge >= 0.3 is 0 Å². The van der Waals surface area contributed by atoms with Crippen LogP contribution in [0.2, 0.25) is 0 Å². The van der Waals surface area contributed by atoms with Gasteiger partial charge in [-0.3, -0.25) is 9.20 Å². The Labute approximate surface area is 155 Å². The molecule has 2 aromatic carbocycles. The van der Waals surface area contributed by atoms with Crippen molar-refractivity contribution in [3.8, 4) is 28.3 Å². The first kappa shape index (κ1) is 16.5. The molecule has 0 atom stereocenters. The number of ether oxygens (including phenoxy) is 1. The number of fused-ring (bicyclic) bond motifs is 1. The van der Waals surface area contributed by atoms with E-state index in [0.717, 1.165) is 39.5 Å². The van der Waals surface area contributed by atoms with Gasteiger partial charge in [-0.05, 0) is 43.2 Å². The molecule has 4 rings (SSSR count). The van der Waals surface area contributed by atoms with Crippen LogP contribution in [-0.4, -0.2) is 22.8 Å². The largest absolute Gasteiger partial charge is 0.497 e. The molecule has 2 heterocycles. The first-order valence-corrected chi connectivity index (χ1v) is 9.17. The van der Waals surface area contributed by atoms with Crippen molar-refractivity contribution in [2.45, 2.75) is 13.8 Å². The first-order valence-electron chi connectivity index (χ1n) is 8.29. The second-order valence-corrected chi connectivity index (χ2v) is 7.07. The van der Waals surface area contributed by atoms with E-state index in [0.29, 0.717) is 5.69 Å². The molecule has 0 N–H and O–H groups in total. The zero-order chi connectivity index (χ0) is 18.3. The summed E-state index contributed by atoms with van der Waals surface area (Å²) in [5, 5.41) is 2.02. The lowest BCUT2D eigenvalue weighted by Gasteiger charge is -2.06. The number of imidazole rings is 1. The van der Waals surface area contributed by atoms with Crippen molar-refractivity contribution in [3.63, 3.8) is 0 Å². The first-order chi connectivity index (χ1) is 12.6. The Morgan fingerprint density at radius 3 is 2.65 bits per heavy atom. The summed E-state index contributed by atoms with van der Waals surface area (Å²) >= 11 is 1.53. The van der Waals surface area contributed by atoms with Crippen LogP contribution in [0, 0.1) is 13.8 Å². The third-order valence-corrected chi connectivity index (χ3v) is 5.48. The molecule has 4 nitrogen and oxygen atoms in total. The molecule has 0 aliphatic carbocycles. The van der Waals surface area contributed by atoms with Gasteiger partial charge in [-0.1, -0.05) is 24.3 Å². The minimum atomic E-state index is 0.572. The molecule has 130 valence electrons. The van der Waals surface area contributed by atoms with Crippen molar-refractivity contribution in [1.82, 2.24) is 9.38 Å². The molecule has 0 amide bonds. The van der Waals surface area contributed by atoms with Gasteiger partial charge in [0.15, 0.2) is 11.2 Å². The van der Waals surface area contributed by atoms with Gasteiger partial charge in [0, 0.05) is 16.5 Å². The molecule has 26 heavy (non-hydrogen) atoms. The minimum Gasteiger partial charge on any atom is -0.497 e. The van der Waals surface area contributed by atoms with Gasteiger partial charge in [-0.2, -0.15) is 0 Å². The van der Waals surface area contributed by atoms with Crippen molar-refractivity contribution in [2.24, 2.45) is 0 Å². The number of thiazole rings is 1. The second-order valence-electron chi connectivity index (χ2n) is 6.23. The highest BCUT2D eigenvalue weighted by Crippen LogP contribution is 2.33. The van der Waals surface area contributed by atoms with Crippen molar-refractivity contribution in [3.05, 3.63) is 64.7 Å². The number of aryl methyl sites for hydroxylation is 2. The molecule has 5 heteroatoms. The number of aromatic nitrogens is 2. The number of carbonyl (C=O) groups excluding carboxylic acids is 1. The molecule has 0 fully saturated rings. The fourth-order valence-corrected chi connectivity index (χ4v) is 3.98. The van der Waals surface area contributed by atoms with E-state index >= 15 is 0 Å². The number of hydrogen-bond acceptors (Lipinski definition) is 4. The lowest BCUT2D eigenvalue weighted by molar-refractivity contribution is 0.111. The SMILES string of the molecule is COc1cccc(-c2csc3nc(-c4ccc(C)c(C)c4)c(C=O)n23)c1. The predicted octanol–water partition coefficient (Wildman–Crippen LogP) is 5.17. The molecule has 0 saturated carbocycles. The standard InChI is InChI=1S/C21H18N2O2S/c1-13-7-8-16(9-14(13)2)20-18(11-24)23-19(12-26-21(23)22-20)15-5-4-6-17(10-15)25-3/h4-12H,1-3H3. The summed E-state index contributed by atoms with van der Waals surface area (Å²) < 4.78 is 7.26. The average molecular weight is 362 g/mol. The highest BCUT2D eigenvalue weighted by atomic mass is 32.1. The van der Waals surface area contributed by atoms with Crippen LogP contribution in [0.25, 0.3) is 27.5 Å². The van der Waals surface area contributed by atoms with Crippen LogP contribution >= 0.6 is 11.3 Å². The number of carbonyl (C=O) groups is 1. The molecule has 0 spiro atoms. The van der Waals surface area contributed by atoms with Crippen molar-refractivity contribution in [1.29, 1.82) is 0 Å². The number of aldehydes is 1. The van der Waals surface area contributed by atoms with Gasteiger partial charge in [-0.25, -0.2) is 4.98 Å². The monoisotopic (exact) mass is 362 g/mol. The molecule has 0 aliphatic heterocycles. The van der Waals surface area contributed by atoms with Gasteiger partial charge in [0.25, 0.3) is 0 Å². The molecular formula is C21H18N2O2S. The molecule has 4 aromatic rings. The van der Waals surface area contributed by atoms with Crippen LogP contribution in [0.3, 0.4) is 0 Å². The molecule has 0 radical (unpaired) electrons. The fraction of sp³-hybridized carbons (Fsp3) is 0.143. The van der Waals surface area contributed by atoms with E-state index in [1.165, 1.54) is 22.5 Å². The van der Waals surface area contributed by atoms with Crippen LogP contribution in [0.1, 0.15) is 21.6 Å². The number of rotatable bonds is 4. The topological polar surface area (TPSA) is 43.6 Å². The summed E-state index contributed by atoms with van der Waals surface area (Å²) in [6.45, 7) is 4.14. The average Bonchev–Trinajstić information content (AvgIpc) is 3.23. The highest BCUT2D eigenvalue weighted by molar-refractivity contribution is 7.15.